The van der Waals surface area contributed by atoms with Crippen molar-refractivity contribution in [2.75, 3.05) is 6.54 Å². The van der Waals surface area contributed by atoms with Gasteiger partial charge in [0.2, 0.25) is 11.8 Å². The van der Waals surface area contributed by atoms with E-state index in [0.717, 1.165) is 4.90 Å². The number of piperazine rings is 1. The van der Waals surface area contributed by atoms with E-state index in [9.17, 15) is 14.0 Å². The molecule has 1 saturated heterocycles. The van der Waals surface area contributed by atoms with E-state index in [1.165, 1.54) is 18.2 Å². The second-order valence-electron chi connectivity index (χ2n) is 5.00. The van der Waals surface area contributed by atoms with Gasteiger partial charge < -0.3 is 0 Å². The Hall–Kier alpha value is -1.46. The summed E-state index contributed by atoms with van der Waals surface area (Å²) in [6, 6.07) is 3.90. The minimum Gasteiger partial charge on any atom is -0.295 e. The van der Waals surface area contributed by atoms with E-state index in [-0.39, 0.29) is 29.9 Å². The maximum Gasteiger partial charge on any atom is 0.249 e. The highest BCUT2D eigenvalue weighted by Crippen LogP contribution is 2.22. The van der Waals surface area contributed by atoms with Crippen molar-refractivity contribution in [1.29, 1.82) is 0 Å². The van der Waals surface area contributed by atoms with Gasteiger partial charge in [-0.2, -0.15) is 0 Å². The van der Waals surface area contributed by atoms with Crippen LogP contribution < -0.4 is 5.32 Å². The summed E-state index contributed by atoms with van der Waals surface area (Å²) in [5.41, 5.74) is -0.247. The second-order valence-corrected chi connectivity index (χ2v) is 5.41. The summed E-state index contributed by atoms with van der Waals surface area (Å²) in [6.45, 7) is 3.57. The predicted molar refractivity (Wildman–Crippen MR) is 69.0 cm³/mol. The Kier molecular flexibility index (Phi) is 3.60. The number of benzene rings is 1. The lowest BCUT2D eigenvalue weighted by Gasteiger charge is -2.36. The number of rotatable bonds is 2. The molecule has 1 heterocycles. The van der Waals surface area contributed by atoms with E-state index in [0.29, 0.717) is 5.56 Å². The third-order valence-corrected chi connectivity index (χ3v) is 3.46. The van der Waals surface area contributed by atoms with Gasteiger partial charge >= 0.3 is 0 Å². The Balaban J connectivity index is 2.25. The molecule has 0 saturated carbocycles. The van der Waals surface area contributed by atoms with Crippen LogP contribution in [0.5, 0.6) is 0 Å². The Morgan fingerprint density at radius 1 is 1.42 bits per heavy atom. The smallest absolute Gasteiger partial charge is 0.249 e. The predicted octanol–water partition coefficient (Wildman–Crippen LogP) is 1.72. The number of amides is 2. The highest BCUT2D eigenvalue weighted by atomic mass is 35.5. The van der Waals surface area contributed by atoms with Crippen LogP contribution in [0.4, 0.5) is 4.39 Å². The van der Waals surface area contributed by atoms with E-state index in [4.69, 9.17) is 11.6 Å². The van der Waals surface area contributed by atoms with Crippen LogP contribution in [0.25, 0.3) is 0 Å². The van der Waals surface area contributed by atoms with Crippen LogP contribution in [0.3, 0.4) is 0 Å². The van der Waals surface area contributed by atoms with Gasteiger partial charge in [-0.05, 0) is 31.5 Å². The van der Waals surface area contributed by atoms with Crippen molar-refractivity contribution in [1.82, 2.24) is 10.2 Å². The molecule has 1 aromatic carbocycles. The van der Waals surface area contributed by atoms with Gasteiger partial charge in [0, 0.05) is 5.02 Å². The molecule has 0 atom stereocenters. The van der Waals surface area contributed by atoms with Gasteiger partial charge in [0.05, 0.1) is 18.6 Å². The van der Waals surface area contributed by atoms with Crippen molar-refractivity contribution >= 4 is 23.4 Å². The van der Waals surface area contributed by atoms with E-state index in [2.05, 4.69) is 5.32 Å². The van der Waals surface area contributed by atoms with Crippen LogP contribution in [0, 0.1) is 5.82 Å². The molecule has 6 heteroatoms. The van der Waals surface area contributed by atoms with Gasteiger partial charge in [-0.25, -0.2) is 4.39 Å². The van der Waals surface area contributed by atoms with E-state index >= 15 is 0 Å². The molecule has 2 rings (SSSR count). The quantitative estimate of drug-likeness (QED) is 0.841. The molecule has 0 aliphatic carbocycles. The number of imide groups is 1. The third-order valence-electron chi connectivity index (χ3n) is 3.11. The molecule has 0 radical (unpaired) electrons. The molecule has 2 amide bonds. The first-order chi connectivity index (χ1) is 8.81. The van der Waals surface area contributed by atoms with Crippen LogP contribution in [-0.2, 0) is 16.1 Å². The normalized spacial score (nSPS) is 18.8. The van der Waals surface area contributed by atoms with Crippen LogP contribution in [0.1, 0.15) is 19.4 Å². The van der Waals surface area contributed by atoms with Gasteiger partial charge in [-0.3, -0.25) is 19.8 Å². The molecule has 102 valence electrons. The van der Waals surface area contributed by atoms with Crippen molar-refractivity contribution < 1.29 is 14.0 Å². The number of hydrogen-bond acceptors (Lipinski definition) is 3. The number of hydrogen-bond donors (Lipinski definition) is 1. The zero-order valence-corrected chi connectivity index (χ0v) is 11.4. The van der Waals surface area contributed by atoms with Crippen molar-refractivity contribution in [2.45, 2.75) is 25.9 Å². The molecule has 0 aromatic heterocycles. The standard InChI is InChI=1S/C13H14ClFN2O2/c1-13(2)12(19)17(11(18)6-16-13)7-8-3-4-9(15)5-10(8)14/h3-5,16H,6-7H2,1-2H3. The Bertz CT molecular complexity index is 545. The molecular formula is C13H14ClFN2O2. The highest BCUT2D eigenvalue weighted by molar-refractivity contribution is 6.31. The molecule has 19 heavy (non-hydrogen) atoms. The van der Waals surface area contributed by atoms with Gasteiger partial charge in [0.1, 0.15) is 5.82 Å². The van der Waals surface area contributed by atoms with Crippen LogP contribution in [0.15, 0.2) is 18.2 Å². The Labute approximate surface area is 115 Å². The van der Waals surface area contributed by atoms with Crippen LogP contribution in [0.2, 0.25) is 5.02 Å². The second kappa shape index (κ2) is 4.90. The van der Waals surface area contributed by atoms with Gasteiger partial charge in [0.15, 0.2) is 0 Å². The lowest BCUT2D eigenvalue weighted by atomic mass is 10.00. The third kappa shape index (κ3) is 2.77. The zero-order chi connectivity index (χ0) is 14.2. The molecule has 1 aliphatic rings. The van der Waals surface area contributed by atoms with E-state index in [1.807, 2.05) is 0 Å². The monoisotopic (exact) mass is 284 g/mol. The highest BCUT2D eigenvalue weighted by Gasteiger charge is 2.39. The lowest BCUT2D eigenvalue weighted by Crippen LogP contribution is -2.63. The number of halogens is 2. The SMILES string of the molecule is CC1(C)NCC(=O)N(Cc2ccc(F)cc2Cl)C1=O. The van der Waals surface area contributed by atoms with Crippen molar-refractivity contribution in [3.05, 3.63) is 34.6 Å². The average Bonchev–Trinajstić information content (AvgIpc) is 2.33. The molecular weight excluding hydrogens is 271 g/mol. The number of nitrogens with one attached hydrogen (secondary N) is 1. The first kappa shape index (κ1) is 14.0. The first-order valence-electron chi connectivity index (χ1n) is 5.85. The summed E-state index contributed by atoms with van der Waals surface area (Å²) in [5, 5.41) is 3.07. The molecule has 1 aromatic rings. The molecule has 1 N–H and O–H groups in total. The zero-order valence-electron chi connectivity index (χ0n) is 10.7. The summed E-state index contributed by atoms with van der Waals surface area (Å²) in [6.07, 6.45) is 0. The van der Waals surface area contributed by atoms with Crippen LogP contribution >= 0.6 is 11.6 Å². The summed E-state index contributed by atoms with van der Waals surface area (Å²) in [7, 11) is 0. The molecule has 1 fully saturated rings. The van der Waals surface area contributed by atoms with E-state index in [1.54, 1.807) is 13.8 Å². The fourth-order valence-electron chi connectivity index (χ4n) is 1.90. The summed E-state index contributed by atoms with van der Waals surface area (Å²) in [5.74, 6) is -1.08. The Morgan fingerprint density at radius 3 is 2.74 bits per heavy atom. The van der Waals surface area contributed by atoms with Crippen LogP contribution in [-0.4, -0.2) is 28.8 Å². The molecule has 0 spiro atoms. The van der Waals surface area contributed by atoms with Crippen molar-refractivity contribution in [3.8, 4) is 0 Å². The van der Waals surface area contributed by atoms with Gasteiger partial charge in [0.25, 0.3) is 0 Å². The van der Waals surface area contributed by atoms with E-state index < -0.39 is 11.4 Å². The summed E-state index contributed by atoms with van der Waals surface area (Å²) >= 11 is 5.91. The minimum atomic E-state index is -0.791. The van der Waals surface area contributed by atoms with Gasteiger partial charge in [-0.1, -0.05) is 17.7 Å². The van der Waals surface area contributed by atoms with Gasteiger partial charge in [-0.15, -0.1) is 0 Å². The number of nitrogens with zero attached hydrogens (tertiary/aromatic N) is 1. The topological polar surface area (TPSA) is 49.4 Å². The largest absolute Gasteiger partial charge is 0.295 e. The summed E-state index contributed by atoms with van der Waals surface area (Å²) < 4.78 is 13.0. The van der Waals surface area contributed by atoms with Crippen molar-refractivity contribution in [2.24, 2.45) is 0 Å². The maximum atomic E-state index is 13.0. The maximum absolute atomic E-state index is 13.0. The lowest BCUT2D eigenvalue weighted by molar-refractivity contribution is -0.153. The van der Waals surface area contributed by atoms with Crippen molar-refractivity contribution in [3.63, 3.8) is 0 Å². The summed E-state index contributed by atoms with van der Waals surface area (Å²) in [4.78, 5) is 25.1. The average molecular weight is 285 g/mol. The minimum absolute atomic E-state index is 0.0574. The fraction of sp³-hybridized carbons (Fsp3) is 0.385. The number of carbonyl (C=O) groups excluding carboxylic acids is 2. The molecule has 0 unspecified atom stereocenters. The first-order valence-corrected chi connectivity index (χ1v) is 6.23. The fourth-order valence-corrected chi connectivity index (χ4v) is 2.13. The molecule has 0 bridgehead atoms. The Morgan fingerprint density at radius 2 is 2.11 bits per heavy atom. The molecule has 1 aliphatic heterocycles. The number of carbonyl (C=O) groups is 2. The molecule has 4 nitrogen and oxygen atoms in total.